The van der Waals surface area contributed by atoms with Crippen molar-refractivity contribution in [2.45, 2.75) is 19.5 Å². The average molecular weight is 274 g/mol. The van der Waals surface area contributed by atoms with Crippen molar-refractivity contribution in [2.24, 2.45) is 5.84 Å². The van der Waals surface area contributed by atoms with E-state index in [1.54, 1.807) is 6.20 Å². The van der Waals surface area contributed by atoms with Crippen LogP contribution in [0, 0.1) is 0 Å². The normalized spacial score (nSPS) is 15.1. The molecule has 1 atom stereocenters. The third-order valence-corrected chi connectivity index (χ3v) is 3.41. The Balaban J connectivity index is 1.97. The van der Waals surface area contributed by atoms with Crippen molar-refractivity contribution in [2.75, 3.05) is 13.2 Å². The first kappa shape index (κ1) is 13.0. The van der Waals surface area contributed by atoms with Gasteiger partial charge in [-0.25, -0.2) is 10.4 Å². The molecule has 0 saturated carbocycles. The second-order valence-corrected chi connectivity index (χ2v) is 4.57. The number of nitrogens with zero attached hydrogens (tertiary/aromatic N) is 2. The van der Waals surface area contributed by atoms with E-state index in [1.165, 1.54) is 0 Å². The summed E-state index contributed by atoms with van der Waals surface area (Å²) in [5.74, 6) is 8.13. The van der Waals surface area contributed by atoms with Gasteiger partial charge in [0.15, 0.2) is 11.5 Å². The maximum absolute atomic E-state index is 5.72. The van der Waals surface area contributed by atoms with E-state index in [2.05, 4.69) is 21.9 Å². The van der Waals surface area contributed by atoms with Crippen LogP contribution in [0.4, 0.5) is 0 Å². The molecule has 6 heteroatoms. The van der Waals surface area contributed by atoms with Gasteiger partial charge in [-0.15, -0.1) is 0 Å². The van der Waals surface area contributed by atoms with Crippen molar-refractivity contribution in [3.8, 4) is 11.5 Å². The van der Waals surface area contributed by atoms with Crippen LogP contribution in [-0.2, 0) is 6.54 Å². The standard InChI is InChI=1S/C14H18N4O2/c1-2-18-6-5-16-14(18)13(17-15)10-3-4-11-12(9-10)20-8-7-19-11/h3-6,9,13,17H,2,7-8,15H2,1H3. The lowest BCUT2D eigenvalue weighted by atomic mass is 10.1. The van der Waals surface area contributed by atoms with Gasteiger partial charge < -0.3 is 14.0 Å². The molecule has 3 rings (SSSR count). The van der Waals surface area contributed by atoms with Crippen molar-refractivity contribution in [3.63, 3.8) is 0 Å². The molecule has 1 aliphatic rings. The van der Waals surface area contributed by atoms with Gasteiger partial charge in [-0.3, -0.25) is 5.84 Å². The van der Waals surface area contributed by atoms with Crippen molar-refractivity contribution in [1.82, 2.24) is 15.0 Å². The lowest BCUT2D eigenvalue weighted by molar-refractivity contribution is 0.171. The summed E-state index contributed by atoms with van der Waals surface area (Å²) in [4.78, 5) is 4.40. The first-order chi connectivity index (χ1) is 9.83. The Labute approximate surface area is 117 Å². The molecule has 0 bridgehead atoms. The van der Waals surface area contributed by atoms with Gasteiger partial charge in [0.1, 0.15) is 25.1 Å². The summed E-state index contributed by atoms with van der Waals surface area (Å²) in [5, 5.41) is 0. The first-order valence-corrected chi connectivity index (χ1v) is 6.70. The largest absolute Gasteiger partial charge is 0.486 e. The summed E-state index contributed by atoms with van der Waals surface area (Å²) in [6.45, 7) is 4.08. The van der Waals surface area contributed by atoms with Crippen LogP contribution in [0.3, 0.4) is 0 Å². The zero-order chi connectivity index (χ0) is 13.9. The fourth-order valence-electron chi connectivity index (χ4n) is 2.41. The molecule has 1 aromatic heterocycles. The minimum absolute atomic E-state index is 0.180. The van der Waals surface area contributed by atoms with Gasteiger partial charge in [-0.1, -0.05) is 6.07 Å². The Kier molecular flexibility index (Phi) is 3.58. The lowest BCUT2D eigenvalue weighted by Gasteiger charge is -2.22. The molecule has 6 nitrogen and oxygen atoms in total. The number of hydrogen-bond acceptors (Lipinski definition) is 5. The molecule has 0 fully saturated rings. The second-order valence-electron chi connectivity index (χ2n) is 4.57. The summed E-state index contributed by atoms with van der Waals surface area (Å²) in [7, 11) is 0. The molecule has 2 heterocycles. The number of hydrazine groups is 1. The average Bonchev–Trinajstić information content (AvgIpc) is 2.96. The van der Waals surface area contributed by atoms with Gasteiger partial charge in [0.25, 0.3) is 0 Å². The van der Waals surface area contributed by atoms with E-state index in [0.29, 0.717) is 13.2 Å². The number of aromatic nitrogens is 2. The quantitative estimate of drug-likeness (QED) is 0.648. The molecule has 0 amide bonds. The van der Waals surface area contributed by atoms with Crippen LogP contribution < -0.4 is 20.7 Å². The Morgan fingerprint density at radius 1 is 1.35 bits per heavy atom. The van der Waals surface area contributed by atoms with Crippen LogP contribution in [-0.4, -0.2) is 22.8 Å². The fourth-order valence-corrected chi connectivity index (χ4v) is 2.41. The molecule has 1 aromatic carbocycles. The SMILES string of the molecule is CCn1ccnc1C(NN)c1ccc2c(c1)OCCO2. The van der Waals surface area contributed by atoms with Crippen LogP contribution in [0.25, 0.3) is 0 Å². The molecule has 0 spiro atoms. The number of imidazole rings is 1. The number of ether oxygens (including phenoxy) is 2. The highest BCUT2D eigenvalue weighted by atomic mass is 16.6. The van der Waals surface area contributed by atoms with E-state index in [1.807, 2.05) is 24.4 Å². The number of benzene rings is 1. The third kappa shape index (κ3) is 2.23. The Bertz CT molecular complexity index is 597. The maximum Gasteiger partial charge on any atom is 0.161 e. The number of aryl methyl sites for hydroxylation is 1. The minimum atomic E-state index is -0.180. The van der Waals surface area contributed by atoms with E-state index >= 15 is 0 Å². The number of rotatable bonds is 4. The predicted octanol–water partition coefficient (Wildman–Crippen LogP) is 1.23. The maximum atomic E-state index is 5.72. The van der Waals surface area contributed by atoms with Gasteiger partial charge in [-0.05, 0) is 24.6 Å². The number of hydrogen-bond donors (Lipinski definition) is 2. The third-order valence-electron chi connectivity index (χ3n) is 3.41. The lowest BCUT2D eigenvalue weighted by Crippen LogP contribution is -2.31. The van der Waals surface area contributed by atoms with Crippen molar-refractivity contribution >= 4 is 0 Å². The molecule has 106 valence electrons. The molecule has 0 saturated heterocycles. The molecule has 0 radical (unpaired) electrons. The summed E-state index contributed by atoms with van der Waals surface area (Å²) < 4.78 is 13.2. The number of nitrogens with two attached hydrogens (primary N) is 1. The van der Waals surface area contributed by atoms with Crippen molar-refractivity contribution in [1.29, 1.82) is 0 Å². The van der Waals surface area contributed by atoms with E-state index in [0.717, 1.165) is 29.4 Å². The monoisotopic (exact) mass is 274 g/mol. The topological polar surface area (TPSA) is 74.3 Å². The van der Waals surface area contributed by atoms with E-state index in [9.17, 15) is 0 Å². The molecule has 1 unspecified atom stereocenters. The zero-order valence-electron chi connectivity index (χ0n) is 11.4. The Hall–Kier alpha value is -2.05. The predicted molar refractivity (Wildman–Crippen MR) is 74.5 cm³/mol. The van der Waals surface area contributed by atoms with Crippen LogP contribution in [0.5, 0.6) is 11.5 Å². The Morgan fingerprint density at radius 2 is 2.15 bits per heavy atom. The molecule has 0 aliphatic carbocycles. The fraction of sp³-hybridized carbons (Fsp3) is 0.357. The summed E-state index contributed by atoms with van der Waals surface area (Å²) >= 11 is 0. The van der Waals surface area contributed by atoms with E-state index in [4.69, 9.17) is 15.3 Å². The molecule has 2 aromatic rings. The molecular weight excluding hydrogens is 256 g/mol. The smallest absolute Gasteiger partial charge is 0.161 e. The molecule has 1 aliphatic heterocycles. The molecule has 20 heavy (non-hydrogen) atoms. The van der Waals surface area contributed by atoms with Crippen LogP contribution in [0.15, 0.2) is 30.6 Å². The van der Waals surface area contributed by atoms with Crippen LogP contribution in [0.2, 0.25) is 0 Å². The number of fused-ring (bicyclic) bond motifs is 1. The second kappa shape index (κ2) is 5.52. The van der Waals surface area contributed by atoms with Crippen molar-refractivity contribution in [3.05, 3.63) is 42.0 Å². The minimum Gasteiger partial charge on any atom is -0.486 e. The van der Waals surface area contributed by atoms with Gasteiger partial charge >= 0.3 is 0 Å². The van der Waals surface area contributed by atoms with Crippen LogP contribution in [0.1, 0.15) is 24.4 Å². The highest BCUT2D eigenvalue weighted by Crippen LogP contribution is 2.33. The van der Waals surface area contributed by atoms with E-state index < -0.39 is 0 Å². The Morgan fingerprint density at radius 3 is 2.90 bits per heavy atom. The summed E-state index contributed by atoms with van der Waals surface area (Å²) in [6, 6.07) is 5.66. The van der Waals surface area contributed by atoms with Gasteiger partial charge in [0, 0.05) is 18.9 Å². The van der Waals surface area contributed by atoms with Crippen molar-refractivity contribution < 1.29 is 9.47 Å². The summed E-state index contributed by atoms with van der Waals surface area (Å²) in [6.07, 6.45) is 3.72. The van der Waals surface area contributed by atoms with Gasteiger partial charge in [0.05, 0.1) is 0 Å². The highest BCUT2D eigenvalue weighted by Gasteiger charge is 2.20. The molecule has 3 N–H and O–H groups in total. The number of nitrogens with one attached hydrogen (secondary N) is 1. The molecular formula is C14H18N4O2. The highest BCUT2D eigenvalue weighted by molar-refractivity contribution is 5.45. The van der Waals surface area contributed by atoms with Gasteiger partial charge in [-0.2, -0.15) is 0 Å². The van der Waals surface area contributed by atoms with Gasteiger partial charge in [0.2, 0.25) is 0 Å². The zero-order valence-corrected chi connectivity index (χ0v) is 11.4. The van der Waals surface area contributed by atoms with Crippen LogP contribution >= 0.6 is 0 Å². The van der Waals surface area contributed by atoms with E-state index in [-0.39, 0.29) is 6.04 Å². The first-order valence-electron chi connectivity index (χ1n) is 6.70. The summed E-state index contributed by atoms with van der Waals surface area (Å²) in [5.41, 5.74) is 3.82.